The summed E-state index contributed by atoms with van der Waals surface area (Å²) in [6.45, 7) is 3.89. The molecule has 0 saturated carbocycles. The SMILES string of the molecule is CN(c1ccc(C#N)cn1)C(C)(C)CO. The van der Waals surface area contributed by atoms with Crippen LogP contribution in [0.4, 0.5) is 5.82 Å². The van der Waals surface area contributed by atoms with Crippen molar-refractivity contribution in [1.29, 1.82) is 5.26 Å². The van der Waals surface area contributed by atoms with E-state index in [2.05, 4.69) is 4.98 Å². The smallest absolute Gasteiger partial charge is 0.128 e. The van der Waals surface area contributed by atoms with Gasteiger partial charge in [0.15, 0.2) is 0 Å². The zero-order valence-electron chi connectivity index (χ0n) is 9.23. The fraction of sp³-hybridized carbons (Fsp3) is 0.455. The number of aromatic nitrogens is 1. The molecule has 0 aromatic carbocycles. The molecule has 0 bridgehead atoms. The average molecular weight is 205 g/mol. The summed E-state index contributed by atoms with van der Waals surface area (Å²) in [5, 5.41) is 17.8. The molecule has 0 saturated heterocycles. The minimum Gasteiger partial charge on any atom is -0.394 e. The minimum atomic E-state index is -0.360. The van der Waals surface area contributed by atoms with Crippen LogP contribution in [0, 0.1) is 11.3 Å². The number of anilines is 1. The predicted molar refractivity (Wildman–Crippen MR) is 58.5 cm³/mol. The lowest BCUT2D eigenvalue weighted by Gasteiger charge is -2.34. The highest BCUT2D eigenvalue weighted by Gasteiger charge is 2.23. The molecule has 80 valence electrons. The molecule has 1 aromatic rings. The zero-order chi connectivity index (χ0) is 11.5. The maximum absolute atomic E-state index is 9.20. The molecule has 0 amide bonds. The number of nitriles is 1. The topological polar surface area (TPSA) is 60.2 Å². The van der Waals surface area contributed by atoms with E-state index < -0.39 is 0 Å². The molecule has 1 heterocycles. The Labute approximate surface area is 89.8 Å². The van der Waals surface area contributed by atoms with Crippen LogP contribution in [0.2, 0.25) is 0 Å². The molecule has 0 aliphatic rings. The third-order valence-corrected chi connectivity index (χ3v) is 2.52. The Kier molecular flexibility index (Phi) is 3.28. The van der Waals surface area contributed by atoms with Crippen LogP contribution >= 0.6 is 0 Å². The molecular weight excluding hydrogens is 190 g/mol. The van der Waals surface area contributed by atoms with Gasteiger partial charge in [0.25, 0.3) is 0 Å². The molecule has 0 spiro atoms. The number of hydrogen-bond acceptors (Lipinski definition) is 4. The number of nitrogens with zero attached hydrogens (tertiary/aromatic N) is 3. The van der Waals surface area contributed by atoms with Crippen molar-refractivity contribution in [3.8, 4) is 6.07 Å². The van der Waals surface area contributed by atoms with Gasteiger partial charge in [-0.05, 0) is 26.0 Å². The molecule has 0 unspecified atom stereocenters. The highest BCUT2D eigenvalue weighted by atomic mass is 16.3. The van der Waals surface area contributed by atoms with Crippen LogP contribution in [0.25, 0.3) is 0 Å². The van der Waals surface area contributed by atoms with Crippen molar-refractivity contribution < 1.29 is 5.11 Å². The van der Waals surface area contributed by atoms with Gasteiger partial charge in [-0.3, -0.25) is 0 Å². The van der Waals surface area contributed by atoms with Gasteiger partial charge in [-0.1, -0.05) is 0 Å². The zero-order valence-corrected chi connectivity index (χ0v) is 9.23. The van der Waals surface area contributed by atoms with E-state index in [0.29, 0.717) is 5.56 Å². The number of pyridine rings is 1. The largest absolute Gasteiger partial charge is 0.394 e. The Balaban J connectivity index is 2.93. The normalized spacial score (nSPS) is 10.9. The van der Waals surface area contributed by atoms with Gasteiger partial charge in [0.1, 0.15) is 11.9 Å². The van der Waals surface area contributed by atoms with Crippen molar-refractivity contribution in [2.75, 3.05) is 18.6 Å². The van der Waals surface area contributed by atoms with Crippen LogP contribution in [0.15, 0.2) is 18.3 Å². The van der Waals surface area contributed by atoms with Gasteiger partial charge in [0.05, 0.1) is 17.7 Å². The Hall–Kier alpha value is -1.60. The second-order valence-corrected chi connectivity index (χ2v) is 4.05. The first-order chi connectivity index (χ1) is 7.01. The van der Waals surface area contributed by atoms with Crippen LogP contribution in [0.3, 0.4) is 0 Å². The number of rotatable bonds is 3. The Bertz CT molecular complexity index is 364. The number of hydrogen-bond donors (Lipinski definition) is 1. The summed E-state index contributed by atoms with van der Waals surface area (Å²) < 4.78 is 0. The van der Waals surface area contributed by atoms with Crippen LogP contribution in [-0.4, -0.2) is 29.3 Å². The van der Waals surface area contributed by atoms with Gasteiger partial charge in [-0.15, -0.1) is 0 Å². The standard InChI is InChI=1S/C11H15N3O/c1-11(2,8-15)14(3)10-5-4-9(6-12)7-13-10/h4-5,7,15H,8H2,1-3H3. The number of aliphatic hydroxyl groups is 1. The summed E-state index contributed by atoms with van der Waals surface area (Å²) in [6, 6.07) is 5.50. The molecule has 4 heteroatoms. The third kappa shape index (κ3) is 2.45. The molecule has 1 N–H and O–H groups in total. The van der Waals surface area contributed by atoms with Crippen molar-refractivity contribution >= 4 is 5.82 Å². The number of likely N-dealkylation sites (N-methyl/N-ethyl adjacent to an activating group) is 1. The fourth-order valence-electron chi connectivity index (χ4n) is 1.07. The number of aliphatic hydroxyl groups excluding tert-OH is 1. The first-order valence-corrected chi connectivity index (χ1v) is 4.72. The molecule has 0 aliphatic carbocycles. The average Bonchev–Trinajstić information content (AvgIpc) is 2.28. The lowest BCUT2D eigenvalue weighted by atomic mass is 10.1. The van der Waals surface area contributed by atoms with Crippen molar-refractivity contribution in [2.45, 2.75) is 19.4 Å². The minimum absolute atomic E-state index is 0.0468. The van der Waals surface area contributed by atoms with Crippen LogP contribution in [0.1, 0.15) is 19.4 Å². The fourth-order valence-corrected chi connectivity index (χ4v) is 1.07. The Morgan fingerprint density at radius 2 is 2.20 bits per heavy atom. The van der Waals surface area contributed by atoms with Gasteiger partial charge >= 0.3 is 0 Å². The van der Waals surface area contributed by atoms with E-state index in [9.17, 15) is 5.11 Å². The molecule has 1 aromatic heterocycles. The Morgan fingerprint density at radius 3 is 2.60 bits per heavy atom. The van der Waals surface area contributed by atoms with Crippen molar-refractivity contribution in [2.24, 2.45) is 0 Å². The molecule has 0 aliphatic heterocycles. The molecular formula is C11H15N3O. The van der Waals surface area contributed by atoms with Crippen LogP contribution in [-0.2, 0) is 0 Å². The highest BCUT2D eigenvalue weighted by Crippen LogP contribution is 2.19. The van der Waals surface area contributed by atoms with Gasteiger partial charge in [0, 0.05) is 13.2 Å². The summed E-state index contributed by atoms with van der Waals surface area (Å²) >= 11 is 0. The molecule has 0 fully saturated rings. The van der Waals surface area contributed by atoms with E-state index in [1.54, 1.807) is 12.1 Å². The lowest BCUT2D eigenvalue weighted by molar-refractivity contribution is 0.215. The monoisotopic (exact) mass is 205 g/mol. The molecule has 1 rings (SSSR count). The molecule has 4 nitrogen and oxygen atoms in total. The lowest BCUT2D eigenvalue weighted by Crippen LogP contribution is -2.44. The van der Waals surface area contributed by atoms with Gasteiger partial charge in [-0.25, -0.2) is 4.98 Å². The van der Waals surface area contributed by atoms with Crippen molar-refractivity contribution in [3.63, 3.8) is 0 Å². The summed E-state index contributed by atoms with van der Waals surface area (Å²) in [6.07, 6.45) is 1.53. The van der Waals surface area contributed by atoms with E-state index in [0.717, 1.165) is 5.82 Å². The predicted octanol–water partition coefficient (Wildman–Crippen LogP) is 1.16. The van der Waals surface area contributed by atoms with Gasteiger partial charge in [-0.2, -0.15) is 5.26 Å². The molecule has 15 heavy (non-hydrogen) atoms. The summed E-state index contributed by atoms with van der Waals surface area (Å²) in [5.74, 6) is 0.744. The van der Waals surface area contributed by atoms with Crippen LogP contribution in [0.5, 0.6) is 0 Å². The maximum Gasteiger partial charge on any atom is 0.128 e. The van der Waals surface area contributed by atoms with Crippen molar-refractivity contribution in [3.05, 3.63) is 23.9 Å². The molecule has 0 radical (unpaired) electrons. The van der Waals surface area contributed by atoms with E-state index in [1.165, 1.54) is 6.20 Å². The van der Waals surface area contributed by atoms with Crippen LogP contribution < -0.4 is 4.90 Å². The quantitative estimate of drug-likeness (QED) is 0.804. The first-order valence-electron chi connectivity index (χ1n) is 4.72. The summed E-state index contributed by atoms with van der Waals surface area (Å²) in [4.78, 5) is 6.04. The van der Waals surface area contributed by atoms with Crippen molar-refractivity contribution in [1.82, 2.24) is 4.98 Å². The van der Waals surface area contributed by atoms with Gasteiger partial charge < -0.3 is 10.0 Å². The maximum atomic E-state index is 9.20. The summed E-state index contributed by atoms with van der Waals surface area (Å²) in [5.41, 5.74) is 0.176. The van der Waals surface area contributed by atoms with E-state index in [-0.39, 0.29) is 12.1 Å². The van der Waals surface area contributed by atoms with E-state index >= 15 is 0 Å². The van der Waals surface area contributed by atoms with Gasteiger partial charge in [0.2, 0.25) is 0 Å². The Morgan fingerprint density at radius 1 is 1.53 bits per heavy atom. The second-order valence-electron chi connectivity index (χ2n) is 4.05. The second kappa shape index (κ2) is 4.28. The first kappa shape index (κ1) is 11.5. The highest BCUT2D eigenvalue weighted by molar-refractivity contribution is 5.43. The molecule has 0 atom stereocenters. The van der Waals surface area contributed by atoms with E-state index in [1.807, 2.05) is 31.9 Å². The van der Waals surface area contributed by atoms with E-state index in [4.69, 9.17) is 5.26 Å². The third-order valence-electron chi connectivity index (χ3n) is 2.52. The summed E-state index contributed by atoms with van der Waals surface area (Å²) in [7, 11) is 1.87.